The Balaban J connectivity index is 1.57. The summed E-state index contributed by atoms with van der Waals surface area (Å²) in [5.41, 5.74) is 0.505. The summed E-state index contributed by atoms with van der Waals surface area (Å²) in [6.45, 7) is 1.35. The number of hydrogen-bond donors (Lipinski definition) is 2. The first kappa shape index (κ1) is 11.0. The van der Waals surface area contributed by atoms with E-state index >= 15 is 0 Å². The van der Waals surface area contributed by atoms with E-state index in [1.54, 1.807) is 5.38 Å². The summed E-state index contributed by atoms with van der Waals surface area (Å²) in [4.78, 5) is 16.2. The highest BCUT2D eigenvalue weighted by molar-refractivity contribution is 7.13. The van der Waals surface area contributed by atoms with Crippen molar-refractivity contribution in [3.8, 4) is 0 Å². The monoisotopic (exact) mass is 253 g/mol. The number of rotatable bonds is 4. The van der Waals surface area contributed by atoms with Crippen LogP contribution in [0.1, 0.15) is 29.8 Å². The van der Waals surface area contributed by atoms with Crippen LogP contribution in [-0.4, -0.2) is 36.2 Å². The van der Waals surface area contributed by atoms with Crippen LogP contribution in [0.2, 0.25) is 0 Å². The Hall–Kier alpha value is -1.14. The van der Waals surface area contributed by atoms with Gasteiger partial charge in [-0.2, -0.15) is 0 Å². The number of carbonyl (C=O) groups is 1. The molecule has 0 bridgehead atoms. The van der Waals surface area contributed by atoms with Gasteiger partial charge < -0.3 is 15.4 Å². The molecule has 2 heterocycles. The minimum Gasteiger partial charge on any atom is -0.379 e. The van der Waals surface area contributed by atoms with Gasteiger partial charge in [-0.15, -0.1) is 11.3 Å². The fourth-order valence-corrected chi connectivity index (χ4v) is 2.52. The molecule has 0 radical (unpaired) electrons. The number of anilines is 1. The van der Waals surface area contributed by atoms with Crippen molar-refractivity contribution in [2.45, 2.75) is 31.3 Å². The van der Waals surface area contributed by atoms with Gasteiger partial charge in [0.1, 0.15) is 5.69 Å². The predicted molar refractivity (Wildman–Crippen MR) is 65.4 cm³/mol. The Kier molecular flexibility index (Phi) is 2.98. The highest BCUT2D eigenvalue weighted by Gasteiger charge is 2.23. The van der Waals surface area contributed by atoms with E-state index < -0.39 is 0 Å². The number of thiazole rings is 1. The van der Waals surface area contributed by atoms with Crippen molar-refractivity contribution in [3.63, 3.8) is 0 Å². The summed E-state index contributed by atoms with van der Waals surface area (Å²) in [6, 6.07) is 0.712. The van der Waals surface area contributed by atoms with Gasteiger partial charge >= 0.3 is 0 Å². The smallest absolute Gasteiger partial charge is 0.271 e. The molecule has 1 aliphatic carbocycles. The molecular formula is C11H15N3O2S. The molecule has 5 nitrogen and oxygen atoms in total. The summed E-state index contributed by atoms with van der Waals surface area (Å²) in [7, 11) is 0. The van der Waals surface area contributed by atoms with Gasteiger partial charge in [-0.25, -0.2) is 4.98 Å². The highest BCUT2D eigenvalue weighted by atomic mass is 32.1. The molecule has 1 aliphatic heterocycles. The van der Waals surface area contributed by atoms with E-state index in [-0.39, 0.29) is 11.9 Å². The molecule has 17 heavy (non-hydrogen) atoms. The second-order valence-electron chi connectivity index (χ2n) is 4.49. The van der Waals surface area contributed by atoms with Crippen LogP contribution in [0.25, 0.3) is 0 Å². The van der Waals surface area contributed by atoms with Crippen LogP contribution in [0.3, 0.4) is 0 Å². The van der Waals surface area contributed by atoms with Gasteiger partial charge in [-0.1, -0.05) is 0 Å². The molecule has 0 spiro atoms. The number of nitrogens with one attached hydrogen (secondary N) is 2. The van der Waals surface area contributed by atoms with Gasteiger partial charge in [-0.3, -0.25) is 4.79 Å². The molecule has 1 amide bonds. The van der Waals surface area contributed by atoms with Gasteiger partial charge in [0.15, 0.2) is 5.13 Å². The molecule has 92 valence electrons. The summed E-state index contributed by atoms with van der Waals surface area (Å²) >= 11 is 1.49. The molecule has 2 N–H and O–H groups in total. The van der Waals surface area contributed by atoms with Crippen molar-refractivity contribution >= 4 is 22.4 Å². The van der Waals surface area contributed by atoms with Gasteiger partial charge in [0, 0.05) is 18.0 Å². The zero-order chi connectivity index (χ0) is 11.7. The molecule has 1 saturated heterocycles. The zero-order valence-electron chi connectivity index (χ0n) is 9.44. The molecule has 3 rings (SSSR count). The van der Waals surface area contributed by atoms with Crippen molar-refractivity contribution in [2.24, 2.45) is 0 Å². The Morgan fingerprint density at radius 1 is 1.41 bits per heavy atom. The Labute approximate surface area is 104 Å². The molecule has 1 aromatic heterocycles. The van der Waals surface area contributed by atoms with Gasteiger partial charge in [0.25, 0.3) is 5.91 Å². The zero-order valence-corrected chi connectivity index (χ0v) is 10.3. The van der Waals surface area contributed by atoms with E-state index in [0.29, 0.717) is 18.3 Å². The van der Waals surface area contributed by atoms with Crippen molar-refractivity contribution in [1.82, 2.24) is 10.3 Å². The Morgan fingerprint density at radius 3 is 3.00 bits per heavy atom. The summed E-state index contributed by atoms with van der Waals surface area (Å²) < 4.78 is 5.22. The minimum absolute atomic E-state index is 0.0967. The maximum Gasteiger partial charge on any atom is 0.271 e. The van der Waals surface area contributed by atoms with Gasteiger partial charge in [0.2, 0.25) is 0 Å². The standard InChI is InChI=1S/C11H15N3O2S/c15-10(12-8-3-4-16-5-8)9-6-17-11(14-9)13-7-1-2-7/h6-8H,1-5H2,(H,12,15)(H,13,14). The highest BCUT2D eigenvalue weighted by Crippen LogP contribution is 2.26. The topological polar surface area (TPSA) is 63.2 Å². The lowest BCUT2D eigenvalue weighted by Crippen LogP contribution is -2.35. The lowest BCUT2D eigenvalue weighted by molar-refractivity contribution is 0.0925. The first-order chi connectivity index (χ1) is 8.31. The van der Waals surface area contributed by atoms with E-state index in [1.165, 1.54) is 24.2 Å². The minimum atomic E-state index is -0.0967. The molecule has 2 fully saturated rings. The van der Waals surface area contributed by atoms with Gasteiger partial charge in [-0.05, 0) is 19.3 Å². The maximum atomic E-state index is 11.9. The van der Waals surface area contributed by atoms with E-state index in [2.05, 4.69) is 15.6 Å². The average molecular weight is 253 g/mol. The summed E-state index contributed by atoms with van der Waals surface area (Å²) in [5.74, 6) is -0.0967. The normalized spacial score (nSPS) is 23.6. The molecule has 1 aromatic rings. The van der Waals surface area contributed by atoms with E-state index in [0.717, 1.165) is 18.2 Å². The second kappa shape index (κ2) is 4.62. The van der Waals surface area contributed by atoms with Crippen molar-refractivity contribution in [3.05, 3.63) is 11.1 Å². The number of amides is 1. The molecule has 1 unspecified atom stereocenters. The third kappa shape index (κ3) is 2.76. The predicted octanol–water partition coefficient (Wildman–Crippen LogP) is 1.24. The van der Waals surface area contributed by atoms with E-state index in [4.69, 9.17) is 4.74 Å². The number of aromatic nitrogens is 1. The van der Waals surface area contributed by atoms with E-state index in [9.17, 15) is 4.79 Å². The number of ether oxygens (including phenoxy) is 1. The van der Waals surface area contributed by atoms with Crippen LogP contribution < -0.4 is 10.6 Å². The summed E-state index contributed by atoms with van der Waals surface area (Å²) in [6.07, 6.45) is 3.31. The molecule has 2 aliphatic rings. The fourth-order valence-electron chi connectivity index (χ4n) is 1.75. The fraction of sp³-hybridized carbons (Fsp3) is 0.636. The lowest BCUT2D eigenvalue weighted by Gasteiger charge is -2.08. The van der Waals surface area contributed by atoms with Crippen LogP contribution in [0.4, 0.5) is 5.13 Å². The lowest BCUT2D eigenvalue weighted by atomic mass is 10.2. The SMILES string of the molecule is O=C(NC1CCOC1)c1csc(NC2CC2)n1. The third-order valence-electron chi connectivity index (χ3n) is 2.91. The number of hydrogen-bond acceptors (Lipinski definition) is 5. The molecule has 1 saturated carbocycles. The Morgan fingerprint density at radius 2 is 2.29 bits per heavy atom. The average Bonchev–Trinajstić information content (AvgIpc) is 2.81. The molecule has 1 atom stereocenters. The van der Waals surface area contributed by atoms with Crippen LogP contribution in [0, 0.1) is 0 Å². The molecular weight excluding hydrogens is 238 g/mol. The van der Waals surface area contributed by atoms with E-state index in [1.807, 2.05) is 0 Å². The van der Waals surface area contributed by atoms with Crippen LogP contribution in [0.15, 0.2) is 5.38 Å². The maximum absolute atomic E-state index is 11.9. The van der Waals surface area contributed by atoms with Crippen LogP contribution in [-0.2, 0) is 4.74 Å². The van der Waals surface area contributed by atoms with Crippen molar-refractivity contribution in [2.75, 3.05) is 18.5 Å². The quantitative estimate of drug-likeness (QED) is 0.847. The summed E-state index contributed by atoms with van der Waals surface area (Å²) in [5, 5.41) is 8.87. The molecule has 0 aromatic carbocycles. The van der Waals surface area contributed by atoms with Gasteiger partial charge in [0.05, 0.1) is 12.6 Å². The Bertz CT molecular complexity index is 411. The van der Waals surface area contributed by atoms with Crippen molar-refractivity contribution in [1.29, 1.82) is 0 Å². The van der Waals surface area contributed by atoms with Crippen LogP contribution in [0.5, 0.6) is 0 Å². The van der Waals surface area contributed by atoms with Crippen molar-refractivity contribution < 1.29 is 9.53 Å². The number of carbonyl (C=O) groups excluding carboxylic acids is 1. The first-order valence-corrected chi connectivity index (χ1v) is 6.80. The largest absolute Gasteiger partial charge is 0.379 e. The first-order valence-electron chi connectivity index (χ1n) is 5.92. The van der Waals surface area contributed by atoms with Crippen LogP contribution >= 0.6 is 11.3 Å². The third-order valence-corrected chi connectivity index (χ3v) is 3.68. The number of nitrogens with zero attached hydrogens (tertiary/aromatic N) is 1. The molecule has 6 heteroatoms. The second-order valence-corrected chi connectivity index (χ2v) is 5.35.